The van der Waals surface area contributed by atoms with E-state index >= 15 is 0 Å². The maximum absolute atomic E-state index is 12.7. The largest absolute Gasteiger partial charge is 0.363 e. The summed E-state index contributed by atoms with van der Waals surface area (Å²) in [6.07, 6.45) is 0. The van der Waals surface area contributed by atoms with E-state index < -0.39 is 0 Å². The summed E-state index contributed by atoms with van der Waals surface area (Å²) in [7, 11) is 6.06. The Morgan fingerprint density at radius 2 is 1.88 bits per heavy atom. The van der Waals surface area contributed by atoms with Crippen molar-refractivity contribution in [3.63, 3.8) is 0 Å². The fourth-order valence-corrected chi connectivity index (χ4v) is 4.04. The van der Waals surface area contributed by atoms with Crippen molar-refractivity contribution in [2.24, 2.45) is 11.8 Å². The first-order valence-electron chi connectivity index (χ1n) is 8.70. The molecule has 2 fully saturated rings. The van der Waals surface area contributed by atoms with Crippen LogP contribution in [0.15, 0.2) is 12.1 Å². The van der Waals surface area contributed by atoms with E-state index in [0.29, 0.717) is 17.7 Å². The molecule has 2 saturated heterocycles. The van der Waals surface area contributed by atoms with E-state index in [2.05, 4.69) is 27.3 Å². The molecule has 4 rings (SSSR count). The van der Waals surface area contributed by atoms with Crippen LogP contribution in [0.2, 0.25) is 0 Å². The summed E-state index contributed by atoms with van der Waals surface area (Å²) in [4.78, 5) is 23.5. The van der Waals surface area contributed by atoms with E-state index in [1.165, 1.54) is 0 Å². The lowest BCUT2D eigenvalue weighted by Crippen LogP contribution is -2.35. The van der Waals surface area contributed by atoms with Gasteiger partial charge in [-0.05, 0) is 25.8 Å². The van der Waals surface area contributed by atoms with Crippen LogP contribution in [-0.2, 0) is 0 Å². The number of nitrogens with zero attached hydrogens (tertiary/aromatic N) is 6. The summed E-state index contributed by atoms with van der Waals surface area (Å²) >= 11 is 0. The molecule has 2 aliphatic rings. The third-order valence-electron chi connectivity index (χ3n) is 5.18. The molecule has 2 atom stereocenters. The fraction of sp³-hybridized carbons (Fsp3) is 0.588. The van der Waals surface area contributed by atoms with Crippen molar-refractivity contribution in [3.05, 3.63) is 17.8 Å². The Hall–Kier alpha value is -2.35. The van der Waals surface area contributed by atoms with Gasteiger partial charge in [-0.1, -0.05) is 0 Å². The third kappa shape index (κ3) is 2.90. The summed E-state index contributed by atoms with van der Waals surface area (Å²) in [5.41, 5.74) is 1.63. The second-order valence-electron chi connectivity index (χ2n) is 7.53. The first-order chi connectivity index (χ1) is 11.9. The maximum Gasteiger partial charge on any atom is 0.323 e. The lowest BCUT2D eigenvalue weighted by atomic mass is 10.0. The SMILES string of the molecule is Cc1cc2nc(NC(=O)N3C[C@H]4CN(C)C[C@H]4C3)cc(N(C)C)n2n1. The number of rotatable bonds is 2. The lowest BCUT2D eigenvalue weighted by molar-refractivity contribution is 0.215. The number of fused-ring (bicyclic) bond motifs is 2. The number of nitrogens with one attached hydrogen (secondary N) is 1. The van der Waals surface area contributed by atoms with E-state index in [9.17, 15) is 4.79 Å². The Morgan fingerprint density at radius 3 is 2.52 bits per heavy atom. The minimum Gasteiger partial charge on any atom is -0.363 e. The molecule has 2 aliphatic heterocycles. The zero-order valence-corrected chi connectivity index (χ0v) is 15.2. The van der Waals surface area contributed by atoms with Gasteiger partial charge in [0.2, 0.25) is 0 Å². The number of carbonyl (C=O) groups excluding carboxylic acids is 1. The minimum absolute atomic E-state index is 0.0603. The molecule has 0 aromatic carbocycles. The number of anilines is 2. The number of carbonyl (C=O) groups is 1. The van der Waals surface area contributed by atoms with Crippen LogP contribution < -0.4 is 10.2 Å². The molecule has 134 valence electrons. The summed E-state index contributed by atoms with van der Waals surface area (Å²) in [5, 5.41) is 7.44. The van der Waals surface area contributed by atoms with Crippen LogP contribution in [0.25, 0.3) is 5.65 Å². The summed E-state index contributed by atoms with van der Waals surface area (Å²) < 4.78 is 1.79. The summed E-state index contributed by atoms with van der Waals surface area (Å²) in [5.74, 6) is 2.64. The highest BCUT2D eigenvalue weighted by Crippen LogP contribution is 2.30. The minimum atomic E-state index is -0.0603. The Bertz CT molecular complexity index is 801. The van der Waals surface area contributed by atoms with Gasteiger partial charge in [0, 0.05) is 52.4 Å². The number of aryl methyl sites for hydroxylation is 1. The van der Waals surface area contributed by atoms with Crippen molar-refractivity contribution in [1.29, 1.82) is 0 Å². The highest BCUT2D eigenvalue weighted by molar-refractivity contribution is 5.89. The molecule has 0 spiro atoms. The van der Waals surface area contributed by atoms with Crippen molar-refractivity contribution in [1.82, 2.24) is 24.4 Å². The number of hydrogen-bond donors (Lipinski definition) is 1. The normalized spacial score (nSPS) is 23.3. The Labute approximate surface area is 147 Å². The number of amides is 2. The van der Waals surface area contributed by atoms with Crippen LogP contribution in [0, 0.1) is 18.8 Å². The molecule has 0 radical (unpaired) electrons. The van der Waals surface area contributed by atoms with Crippen molar-refractivity contribution in [2.45, 2.75) is 6.92 Å². The van der Waals surface area contributed by atoms with Gasteiger partial charge < -0.3 is 14.7 Å². The van der Waals surface area contributed by atoms with Gasteiger partial charge in [0.05, 0.1) is 5.69 Å². The van der Waals surface area contributed by atoms with Crippen molar-refractivity contribution in [2.75, 3.05) is 57.5 Å². The first kappa shape index (κ1) is 16.1. The van der Waals surface area contributed by atoms with Gasteiger partial charge in [0.1, 0.15) is 11.6 Å². The Balaban J connectivity index is 1.53. The highest BCUT2D eigenvalue weighted by atomic mass is 16.2. The zero-order chi connectivity index (χ0) is 17.7. The van der Waals surface area contributed by atoms with Gasteiger partial charge in [-0.3, -0.25) is 5.32 Å². The predicted molar refractivity (Wildman–Crippen MR) is 97.1 cm³/mol. The number of urea groups is 1. The number of aromatic nitrogens is 3. The van der Waals surface area contributed by atoms with E-state index in [1.807, 2.05) is 43.0 Å². The van der Waals surface area contributed by atoms with Crippen LogP contribution in [0.4, 0.5) is 16.4 Å². The topological polar surface area (TPSA) is 69.0 Å². The van der Waals surface area contributed by atoms with Gasteiger partial charge in [0.15, 0.2) is 5.65 Å². The molecule has 4 heterocycles. The number of hydrogen-bond acceptors (Lipinski definition) is 5. The molecule has 8 heteroatoms. The van der Waals surface area contributed by atoms with Crippen molar-refractivity contribution in [3.8, 4) is 0 Å². The fourth-order valence-electron chi connectivity index (χ4n) is 4.04. The van der Waals surface area contributed by atoms with Gasteiger partial charge in [-0.15, -0.1) is 0 Å². The van der Waals surface area contributed by atoms with Crippen LogP contribution in [0.1, 0.15) is 5.69 Å². The third-order valence-corrected chi connectivity index (χ3v) is 5.18. The van der Waals surface area contributed by atoms with Crippen LogP contribution >= 0.6 is 0 Å². The van der Waals surface area contributed by atoms with Crippen molar-refractivity contribution < 1.29 is 4.79 Å². The molecular formula is C17H25N7O. The molecule has 2 aromatic rings. The quantitative estimate of drug-likeness (QED) is 0.885. The second kappa shape index (κ2) is 5.87. The van der Waals surface area contributed by atoms with E-state index in [0.717, 1.165) is 43.3 Å². The lowest BCUT2D eigenvalue weighted by Gasteiger charge is -2.20. The monoisotopic (exact) mass is 343 g/mol. The van der Waals surface area contributed by atoms with Gasteiger partial charge >= 0.3 is 6.03 Å². The molecule has 25 heavy (non-hydrogen) atoms. The van der Waals surface area contributed by atoms with Crippen molar-refractivity contribution >= 4 is 23.3 Å². The second-order valence-corrected chi connectivity index (χ2v) is 7.53. The van der Waals surface area contributed by atoms with E-state index in [1.54, 1.807) is 4.52 Å². The average molecular weight is 343 g/mol. The zero-order valence-electron chi connectivity index (χ0n) is 15.2. The average Bonchev–Trinajstić information content (AvgIpc) is 3.17. The van der Waals surface area contributed by atoms with Crippen LogP contribution in [-0.4, -0.2) is 77.8 Å². The van der Waals surface area contributed by atoms with Gasteiger partial charge in [-0.2, -0.15) is 9.61 Å². The molecule has 2 amide bonds. The standard InChI is InChI=1S/C17H25N7O/c1-11-5-15-18-14(6-16(21(2)3)24(15)20-11)19-17(25)23-9-12-7-22(4)8-13(12)10-23/h5-6,12-13H,7-10H2,1-4H3,(H,18,19,25)/t12-,13+. The van der Waals surface area contributed by atoms with Crippen LogP contribution in [0.3, 0.4) is 0 Å². The van der Waals surface area contributed by atoms with E-state index in [-0.39, 0.29) is 6.03 Å². The molecule has 0 aliphatic carbocycles. The number of likely N-dealkylation sites (tertiary alicyclic amines) is 2. The Kier molecular flexibility index (Phi) is 3.79. The molecule has 2 aromatic heterocycles. The molecule has 1 N–H and O–H groups in total. The smallest absolute Gasteiger partial charge is 0.323 e. The van der Waals surface area contributed by atoms with Crippen LogP contribution in [0.5, 0.6) is 0 Å². The molecule has 0 bridgehead atoms. The van der Waals surface area contributed by atoms with Gasteiger partial charge in [-0.25, -0.2) is 9.78 Å². The Morgan fingerprint density at radius 1 is 1.20 bits per heavy atom. The molecule has 0 saturated carbocycles. The van der Waals surface area contributed by atoms with E-state index in [4.69, 9.17) is 0 Å². The molecular weight excluding hydrogens is 318 g/mol. The first-order valence-corrected chi connectivity index (χ1v) is 8.70. The van der Waals surface area contributed by atoms with Gasteiger partial charge in [0.25, 0.3) is 0 Å². The summed E-state index contributed by atoms with van der Waals surface area (Å²) in [6, 6.07) is 3.72. The maximum atomic E-state index is 12.7. The molecule has 8 nitrogen and oxygen atoms in total. The summed E-state index contributed by atoms with van der Waals surface area (Å²) in [6.45, 7) is 5.76. The molecule has 0 unspecified atom stereocenters. The highest BCUT2D eigenvalue weighted by Gasteiger charge is 2.40. The predicted octanol–water partition coefficient (Wildman–Crippen LogP) is 1.13.